The zero-order valence-electron chi connectivity index (χ0n) is 8.92. The molecule has 3 rings (SSSR count). The standard InChI is InChI=1S/C12H17N3/c1-2-8-15(7-1)10-3-4-11-12(9-10)14-6-5-13-11/h3-4,9,13-14H,1-2,5-8H2. The van der Waals surface area contributed by atoms with Crippen LogP contribution in [-0.2, 0) is 0 Å². The fraction of sp³-hybridized carbons (Fsp3) is 0.500. The van der Waals surface area contributed by atoms with E-state index in [1.165, 1.54) is 43.0 Å². The van der Waals surface area contributed by atoms with Crippen molar-refractivity contribution >= 4 is 17.1 Å². The normalized spacial score (nSPS) is 19.3. The van der Waals surface area contributed by atoms with Gasteiger partial charge in [0.25, 0.3) is 0 Å². The number of fused-ring (bicyclic) bond motifs is 1. The van der Waals surface area contributed by atoms with Crippen LogP contribution < -0.4 is 15.5 Å². The van der Waals surface area contributed by atoms with E-state index in [-0.39, 0.29) is 0 Å². The van der Waals surface area contributed by atoms with Crippen LogP contribution in [-0.4, -0.2) is 26.2 Å². The summed E-state index contributed by atoms with van der Waals surface area (Å²) in [6, 6.07) is 6.69. The molecule has 2 aliphatic rings. The lowest BCUT2D eigenvalue weighted by molar-refractivity contribution is 0.949. The van der Waals surface area contributed by atoms with Gasteiger partial charge in [-0.15, -0.1) is 0 Å². The molecule has 0 unspecified atom stereocenters. The van der Waals surface area contributed by atoms with Crippen molar-refractivity contribution in [2.24, 2.45) is 0 Å². The van der Waals surface area contributed by atoms with Gasteiger partial charge in [-0.2, -0.15) is 0 Å². The lowest BCUT2D eigenvalue weighted by atomic mass is 10.2. The highest BCUT2D eigenvalue weighted by Gasteiger charge is 2.14. The molecule has 1 aromatic rings. The first kappa shape index (κ1) is 8.89. The molecular formula is C12H17N3. The average Bonchev–Trinajstić information content (AvgIpc) is 2.82. The van der Waals surface area contributed by atoms with E-state index in [9.17, 15) is 0 Å². The van der Waals surface area contributed by atoms with E-state index in [2.05, 4.69) is 33.7 Å². The Morgan fingerprint density at radius 1 is 0.933 bits per heavy atom. The van der Waals surface area contributed by atoms with E-state index in [0.717, 1.165) is 13.1 Å². The van der Waals surface area contributed by atoms with E-state index in [1.54, 1.807) is 0 Å². The maximum absolute atomic E-state index is 3.44. The summed E-state index contributed by atoms with van der Waals surface area (Å²) in [6.07, 6.45) is 2.67. The number of benzene rings is 1. The minimum absolute atomic E-state index is 1.02. The van der Waals surface area contributed by atoms with Crippen molar-refractivity contribution in [1.29, 1.82) is 0 Å². The highest BCUT2D eigenvalue weighted by atomic mass is 15.1. The van der Waals surface area contributed by atoms with Crippen LogP contribution >= 0.6 is 0 Å². The van der Waals surface area contributed by atoms with Crippen LogP contribution in [0.25, 0.3) is 0 Å². The first-order chi connectivity index (χ1) is 7.43. The minimum atomic E-state index is 1.02. The van der Waals surface area contributed by atoms with Crippen LogP contribution in [0.3, 0.4) is 0 Å². The lowest BCUT2D eigenvalue weighted by Crippen LogP contribution is -2.22. The summed E-state index contributed by atoms with van der Waals surface area (Å²) in [7, 11) is 0. The molecule has 1 fully saturated rings. The van der Waals surface area contributed by atoms with E-state index >= 15 is 0 Å². The van der Waals surface area contributed by atoms with Gasteiger partial charge in [-0.1, -0.05) is 0 Å². The zero-order chi connectivity index (χ0) is 10.1. The van der Waals surface area contributed by atoms with Crippen LogP contribution in [0.2, 0.25) is 0 Å². The highest BCUT2D eigenvalue weighted by Crippen LogP contribution is 2.30. The molecule has 1 aromatic carbocycles. The Morgan fingerprint density at radius 2 is 1.67 bits per heavy atom. The summed E-state index contributed by atoms with van der Waals surface area (Å²) in [4.78, 5) is 2.47. The lowest BCUT2D eigenvalue weighted by Gasteiger charge is -2.24. The SMILES string of the molecule is c1cc2c(cc1N1CCCC1)NCCN2. The van der Waals surface area contributed by atoms with Crippen LogP contribution in [0, 0.1) is 0 Å². The third-order valence-corrected chi connectivity index (χ3v) is 3.23. The van der Waals surface area contributed by atoms with Gasteiger partial charge in [0.1, 0.15) is 0 Å². The van der Waals surface area contributed by atoms with Gasteiger partial charge in [0.15, 0.2) is 0 Å². The maximum Gasteiger partial charge on any atom is 0.0597 e. The fourth-order valence-electron chi connectivity index (χ4n) is 2.40. The quantitative estimate of drug-likeness (QED) is 0.732. The Balaban J connectivity index is 1.89. The van der Waals surface area contributed by atoms with Gasteiger partial charge >= 0.3 is 0 Å². The molecule has 80 valence electrons. The summed E-state index contributed by atoms with van der Waals surface area (Å²) in [5.41, 5.74) is 3.86. The number of anilines is 3. The number of hydrogen-bond acceptors (Lipinski definition) is 3. The van der Waals surface area contributed by atoms with Crippen molar-refractivity contribution < 1.29 is 0 Å². The van der Waals surface area contributed by atoms with Crippen LogP contribution in [0.4, 0.5) is 17.1 Å². The van der Waals surface area contributed by atoms with Crippen molar-refractivity contribution in [3.63, 3.8) is 0 Å². The van der Waals surface area contributed by atoms with Gasteiger partial charge in [-0.25, -0.2) is 0 Å². The molecule has 3 heteroatoms. The molecule has 3 nitrogen and oxygen atoms in total. The smallest absolute Gasteiger partial charge is 0.0597 e. The Bertz CT molecular complexity index is 356. The molecule has 0 radical (unpaired) electrons. The van der Waals surface area contributed by atoms with Crippen molar-refractivity contribution in [3.8, 4) is 0 Å². The molecule has 0 amide bonds. The van der Waals surface area contributed by atoms with Gasteiger partial charge < -0.3 is 15.5 Å². The second-order valence-corrected chi connectivity index (χ2v) is 4.28. The van der Waals surface area contributed by atoms with Crippen molar-refractivity contribution in [3.05, 3.63) is 18.2 Å². The number of nitrogens with zero attached hydrogens (tertiary/aromatic N) is 1. The van der Waals surface area contributed by atoms with E-state index < -0.39 is 0 Å². The van der Waals surface area contributed by atoms with E-state index in [4.69, 9.17) is 0 Å². The van der Waals surface area contributed by atoms with Gasteiger partial charge in [0.05, 0.1) is 11.4 Å². The molecular weight excluding hydrogens is 186 g/mol. The third-order valence-electron chi connectivity index (χ3n) is 3.23. The highest BCUT2D eigenvalue weighted by molar-refractivity contribution is 5.75. The largest absolute Gasteiger partial charge is 0.382 e. The Hall–Kier alpha value is -1.38. The van der Waals surface area contributed by atoms with Gasteiger partial charge in [-0.05, 0) is 31.0 Å². The maximum atomic E-state index is 3.44. The Morgan fingerprint density at radius 3 is 2.47 bits per heavy atom. The molecule has 0 aromatic heterocycles. The predicted octanol–water partition coefficient (Wildman–Crippen LogP) is 2.12. The fourth-order valence-corrected chi connectivity index (χ4v) is 2.40. The second kappa shape index (κ2) is 3.65. The first-order valence-corrected chi connectivity index (χ1v) is 5.80. The summed E-state index contributed by atoms with van der Waals surface area (Å²) >= 11 is 0. The van der Waals surface area contributed by atoms with Gasteiger partial charge in [-0.3, -0.25) is 0 Å². The Labute approximate surface area is 90.5 Å². The van der Waals surface area contributed by atoms with Crippen LogP contribution in [0.15, 0.2) is 18.2 Å². The average molecular weight is 203 g/mol. The number of hydrogen-bond donors (Lipinski definition) is 2. The summed E-state index contributed by atoms with van der Waals surface area (Å²) in [5.74, 6) is 0. The molecule has 0 aliphatic carbocycles. The molecule has 0 spiro atoms. The molecule has 0 bridgehead atoms. The topological polar surface area (TPSA) is 27.3 Å². The van der Waals surface area contributed by atoms with Crippen molar-refractivity contribution in [2.75, 3.05) is 41.7 Å². The first-order valence-electron chi connectivity index (χ1n) is 5.80. The van der Waals surface area contributed by atoms with E-state index in [1.807, 2.05) is 0 Å². The molecule has 0 atom stereocenters. The zero-order valence-corrected chi connectivity index (χ0v) is 8.92. The van der Waals surface area contributed by atoms with E-state index in [0.29, 0.717) is 0 Å². The van der Waals surface area contributed by atoms with Crippen molar-refractivity contribution in [1.82, 2.24) is 0 Å². The second-order valence-electron chi connectivity index (χ2n) is 4.28. The molecule has 0 saturated carbocycles. The summed E-state index contributed by atoms with van der Waals surface area (Å²) < 4.78 is 0. The molecule has 2 N–H and O–H groups in total. The molecule has 2 aliphatic heterocycles. The molecule has 15 heavy (non-hydrogen) atoms. The third kappa shape index (κ3) is 1.62. The van der Waals surface area contributed by atoms with Gasteiger partial charge in [0, 0.05) is 31.9 Å². The van der Waals surface area contributed by atoms with Crippen molar-refractivity contribution in [2.45, 2.75) is 12.8 Å². The number of rotatable bonds is 1. The monoisotopic (exact) mass is 203 g/mol. The summed E-state index contributed by atoms with van der Waals surface area (Å²) in [6.45, 7) is 4.48. The molecule has 2 heterocycles. The summed E-state index contributed by atoms with van der Waals surface area (Å²) in [5, 5.41) is 6.84. The van der Waals surface area contributed by atoms with Gasteiger partial charge in [0.2, 0.25) is 0 Å². The predicted molar refractivity (Wildman–Crippen MR) is 64.9 cm³/mol. The van der Waals surface area contributed by atoms with Crippen LogP contribution in [0.5, 0.6) is 0 Å². The van der Waals surface area contributed by atoms with Crippen LogP contribution in [0.1, 0.15) is 12.8 Å². The Kier molecular flexibility index (Phi) is 2.16. The molecule has 1 saturated heterocycles. The number of nitrogens with one attached hydrogen (secondary N) is 2. The minimum Gasteiger partial charge on any atom is -0.382 e.